The Morgan fingerprint density at radius 1 is 1.18 bits per heavy atom. The summed E-state index contributed by atoms with van der Waals surface area (Å²) < 4.78 is 5.96. The van der Waals surface area contributed by atoms with Gasteiger partial charge < -0.3 is 20.3 Å². The van der Waals surface area contributed by atoms with Crippen molar-refractivity contribution in [3.05, 3.63) is 71.2 Å². The van der Waals surface area contributed by atoms with Gasteiger partial charge in [0.2, 0.25) is 0 Å². The number of aromatic nitrogens is 1. The predicted molar refractivity (Wildman–Crippen MR) is 146 cm³/mol. The van der Waals surface area contributed by atoms with E-state index >= 15 is 0 Å². The number of rotatable bonds is 5. The summed E-state index contributed by atoms with van der Waals surface area (Å²) in [6.45, 7) is 3.11. The number of anilines is 3. The minimum Gasteiger partial charge on any atom is -0.457 e. The van der Waals surface area contributed by atoms with Gasteiger partial charge in [0.1, 0.15) is 21.2 Å². The van der Waals surface area contributed by atoms with Crippen molar-refractivity contribution in [2.75, 3.05) is 23.3 Å². The van der Waals surface area contributed by atoms with Gasteiger partial charge in [-0.15, -0.1) is 11.3 Å². The molecule has 190 valence electrons. The van der Waals surface area contributed by atoms with E-state index in [1.165, 1.54) is 11.3 Å². The van der Waals surface area contributed by atoms with Crippen LogP contribution in [0, 0.1) is 18.4 Å². The van der Waals surface area contributed by atoms with Gasteiger partial charge in [0, 0.05) is 25.3 Å². The molecule has 6 rings (SSSR count). The van der Waals surface area contributed by atoms with Crippen molar-refractivity contribution in [2.45, 2.75) is 25.8 Å². The molecular weight excluding hydrogens is 500 g/mol. The normalized spacial score (nSPS) is 16.6. The minimum absolute atomic E-state index is 0.129. The number of benzene rings is 2. The van der Waals surface area contributed by atoms with E-state index in [4.69, 9.17) is 4.74 Å². The van der Waals surface area contributed by atoms with Gasteiger partial charge in [0.15, 0.2) is 6.19 Å². The molecule has 38 heavy (non-hydrogen) atoms. The van der Waals surface area contributed by atoms with Gasteiger partial charge in [-0.1, -0.05) is 18.2 Å². The molecule has 0 spiro atoms. The monoisotopic (exact) mass is 524 g/mol. The number of pyridine rings is 1. The number of nitrogens with one attached hydrogen (secondary N) is 2. The molecule has 2 aromatic heterocycles. The number of hydrogen-bond acceptors (Lipinski definition) is 7. The van der Waals surface area contributed by atoms with Crippen LogP contribution in [0.4, 0.5) is 21.9 Å². The number of aryl methyl sites for hydroxylation is 1. The van der Waals surface area contributed by atoms with Crippen LogP contribution in [0.5, 0.6) is 11.5 Å². The number of carbonyl (C=O) groups excluding carboxylic acids is 2. The number of nitriles is 1. The Kier molecular flexibility index (Phi) is 6.05. The molecule has 2 aliphatic heterocycles. The van der Waals surface area contributed by atoms with Crippen LogP contribution in [-0.4, -0.2) is 41.0 Å². The second-order valence-electron chi connectivity index (χ2n) is 9.30. The molecule has 4 aromatic rings. The summed E-state index contributed by atoms with van der Waals surface area (Å²) >= 11 is 1.25. The number of hydrogen-bond donors (Lipinski definition) is 2. The molecule has 0 aliphatic carbocycles. The number of ether oxygens (including phenoxy) is 1. The number of piperidine rings is 1. The number of nitrogens with zero attached hydrogens (tertiary/aromatic N) is 4. The lowest BCUT2D eigenvalue weighted by Crippen LogP contribution is -2.46. The summed E-state index contributed by atoms with van der Waals surface area (Å²) in [4.78, 5) is 35.6. The highest BCUT2D eigenvalue weighted by Crippen LogP contribution is 2.46. The van der Waals surface area contributed by atoms with Crippen LogP contribution in [-0.2, 0) is 0 Å². The van der Waals surface area contributed by atoms with Crippen molar-refractivity contribution in [2.24, 2.45) is 0 Å². The van der Waals surface area contributed by atoms with Gasteiger partial charge >= 0.3 is 6.03 Å². The molecule has 2 aromatic carbocycles. The second-order valence-corrected chi connectivity index (χ2v) is 10.3. The van der Waals surface area contributed by atoms with Gasteiger partial charge in [0.25, 0.3) is 5.91 Å². The van der Waals surface area contributed by atoms with Crippen molar-refractivity contribution in [3.8, 4) is 17.7 Å². The molecule has 0 bridgehead atoms. The highest BCUT2D eigenvalue weighted by atomic mass is 32.1. The summed E-state index contributed by atoms with van der Waals surface area (Å²) in [5.74, 6) is 1.13. The van der Waals surface area contributed by atoms with E-state index < -0.39 is 0 Å². The first-order valence-corrected chi connectivity index (χ1v) is 13.1. The first-order chi connectivity index (χ1) is 18.5. The van der Waals surface area contributed by atoms with Crippen molar-refractivity contribution in [3.63, 3.8) is 0 Å². The van der Waals surface area contributed by atoms with Crippen LogP contribution in [0.2, 0.25) is 0 Å². The molecule has 1 fully saturated rings. The third kappa shape index (κ3) is 4.27. The zero-order valence-corrected chi connectivity index (χ0v) is 21.4. The van der Waals surface area contributed by atoms with E-state index in [-0.39, 0.29) is 18.0 Å². The Morgan fingerprint density at radius 2 is 2.03 bits per heavy atom. The van der Waals surface area contributed by atoms with Crippen molar-refractivity contribution in [1.82, 2.24) is 15.2 Å². The topological polar surface area (TPSA) is 111 Å². The summed E-state index contributed by atoms with van der Waals surface area (Å²) in [5.41, 5.74) is 2.70. The maximum atomic E-state index is 13.5. The Labute approximate surface area is 223 Å². The minimum atomic E-state index is -0.356. The van der Waals surface area contributed by atoms with Gasteiger partial charge in [-0.2, -0.15) is 5.26 Å². The van der Waals surface area contributed by atoms with Crippen LogP contribution < -0.4 is 20.3 Å². The Bertz CT molecular complexity index is 1600. The standard InChI is InChI=1S/C28H24N6O3S/c1-17-14-20(37-19-7-3-2-4-8-19)9-10-21(17)34-22-11-12-30-27-23(22)24(32-28(34)36)25(38-27)26(35)31-18-6-5-13-33(15-18)16-29/h2-4,7-12,14,18H,5-6,13,15H2,1H3,(H,31,35)(H,32,36)/t18-/m1/s1. The fourth-order valence-corrected chi connectivity index (χ4v) is 6.01. The van der Waals surface area contributed by atoms with Gasteiger partial charge in [-0.05, 0) is 61.7 Å². The smallest absolute Gasteiger partial charge is 0.331 e. The molecule has 1 atom stereocenters. The summed E-state index contributed by atoms with van der Waals surface area (Å²) in [6, 6.07) is 16.4. The lowest BCUT2D eigenvalue weighted by atomic mass is 10.1. The van der Waals surface area contributed by atoms with Crippen LogP contribution in [0.1, 0.15) is 28.1 Å². The number of thiophene rings is 1. The molecule has 3 amide bonds. The number of para-hydroxylation sites is 1. The number of amides is 3. The third-order valence-electron chi connectivity index (χ3n) is 6.74. The number of urea groups is 1. The van der Waals surface area contributed by atoms with Crippen molar-refractivity contribution >= 4 is 50.6 Å². The largest absolute Gasteiger partial charge is 0.457 e. The van der Waals surface area contributed by atoms with Crippen molar-refractivity contribution in [1.29, 1.82) is 5.26 Å². The fraction of sp³-hybridized carbons (Fsp3) is 0.214. The Balaban J connectivity index is 1.32. The molecule has 4 heterocycles. The quantitative estimate of drug-likeness (QED) is 0.321. The Morgan fingerprint density at radius 3 is 2.82 bits per heavy atom. The maximum absolute atomic E-state index is 13.5. The highest BCUT2D eigenvalue weighted by molar-refractivity contribution is 7.21. The first kappa shape index (κ1) is 23.8. The van der Waals surface area contributed by atoms with Gasteiger partial charge in [-0.25, -0.2) is 9.78 Å². The van der Waals surface area contributed by atoms with Crippen LogP contribution >= 0.6 is 11.3 Å². The lowest BCUT2D eigenvalue weighted by Gasteiger charge is -2.30. The van der Waals surface area contributed by atoms with E-state index in [1.54, 1.807) is 22.1 Å². The number of carbonyl (C=O) groups is 2. The summed E-state index contributed by atoms with van der Waals surface area (Å²) in [7, 11) is 0. The molecule has 2 N–H and O–H groups in total. The fourth-order valence-electron chi connectivity index (χ4n) is 4.99. The molecule has 1 saturated heterocycles. The van der Waals surface area contributed by atoms with Crippen LogP contribution in [0.3, 0.4) is 0 Å². The predicted octanol–water partition coefficient (Wildman–Crippen LogP) is 5.76. The molecular formula is C28H24N6O3S. The molecule has 0 radical (unpaired) electrons. The average molecular weight is 525 g/mol. The zero-order chi connectivity index (χ0) is 26.2. The van der Waals surface area contributed by atoms with E-state index in [1.807, 2.05) is 55.5 Å². The zero-order valence-electron chi connectivity index (χ0n) is 20.6. The van der Waals surface area contributed by atoms with E-state index in [2.05, 4.69) is 21.8 Å². The summed E-state index contributed by atoms with van der Waals surface area (Å²) in [6.07, 6.45) is 5.45. The molecule has 9 nitrogen and oxygen atoms in total. The highest BCUT2D eigenvalue weighted by Gasteiger charge is 2.34. The second kappa shape index (κ2) is 9.68. The van der Waals surface area contributed by atoms with E-state index in [0.717, 1.165) is 29.5 Å². The average Bonchev–Trinajstić information content (AvgIpc) is 3.30. The number of likely N-dealkylation sites (tertiary alicyclic amines) is 1. The van der Waals surface area contributed by atoms with Crippen LogP contribution in [0.25, 0.3) is 10.2 Å². The SMILES string of the molecule is Cc1cc(Oc2ccccc2)ccc1N1C(=O)Nc2c(C(=O)N[C@@H]3CCCN(C#N)C3)sc3nccc1c23. The van der Waals surface area contributed by atoms with Gasteiger partial charge in [-0.3, -0.25) is 9.69 Å². The molecule has 0 saturated carbocycles. The summed E-state index contributed by atoms with van der Waals surface area (Å²) in [5, 5.41) is 15.9. The first-order valence-electron chi connectivity index (χ1n) is 12.3. The Hall–Kier alpha value is -4.62. The van der Waals surface area contributed by atoms with Crippen LogP contribution in [0.15, 0.2) is 60.8 Å². The van der Waals surface area contributed by atoms with Crippen molar-refractivity contribution < 1.29 is 14.3 Å². The molecule has 0 unspecified atom stereocenters. The van der Waals surface area contributed by atoms with E-state index in [0.29, 0.717) is 45.6 Å². The van der Waals surface area contributed by atoms with Gasteiger partial charge in [0.05, 0.1) is 22.4 Å². The molecule has 10 heteroatoms. The molecule has 2 aliphatic rings. The van der Waals surface area contributed by atoms with E-state index in [9.17, 15) is 14.9 Å². The third-order valence-corrected chi connectivity index (χ3v) is 7.83. The maximum Gasteiger partial charge on any atom is 0.331 e. The lowest BCUT2D eigenvalue weighted by molar-refractivity contribution is 0.0923.